The number of carboxylic acid groups (broad SMARTS) is 2. The first-order valence-corrected chi connectivity index (χ1v) is 6.29. The van der Waals surface area contributed by atoms with Crippen LogP contribution in [0, 0.1) is 5.41 Å². The highest BCUT2D eigenvalue weighted by molar-refractivity contribution is 6.31. The summed E-state index contributed by atoms with van der Waals surface area (Å²) in [6.07, 6.45) is 5.39. The summed E-state index contributed by atoms with van der Waals surface area (Å²) in [5, 5.41) is 18.8. The van der Waals surface area contributed by atoms with Crippen LogP contribution in [0.5, 0.6) is 0 Å². The van der Waals surface area contributed by atoms with E-state index in [1.165, 1.54) is 31.3 Å². The molecule has 2 atom stereocenters. The second-order valence-corrected chi connectivity index (χ2v) is 5.14. The van der Waals surface area contributed by atoms with E-state index < -0.39 is 23.3 Å². The smallest absolute Gasteiger partial charge is 0.332 e. The molecule has 7 nitrogen and oxygen atoms in total. The molecule has 2 rings (SSSR count). The zero-order valence-corrected chi connectivity index (χ0v) is 11.7. The molecule has 21 heavy (non-hydrogen) atoms. The summed E-state index contributed by atoms with van der Waals surface area (Å²) in [5.74, 6) is -3.51. The number of rotatable bonds is 3. The topological polar surface area (TPSA) is 126 Å². The van der Waals surface area contributed by atoms with Crippen molar-refractivity contribution in [1.82, 2.24) is 9.97 Å². The van der Waals surface area contributed by atoms with Gasteiger partial charge < -0.3 is 15.9 Å². The van der Waals surface area contributed by atoms with Crippen molar-refractivity contribution in [3.05, 3.63) is 40.8 Å². The maximum absolute atomic E-state index is 11.6. The van der Waals surface area contributed by atoms with E-state index in [-0.39, 0.29) is 22.2 Å². The lowest BCUT2D eigenvalue weighted by Crippen LogP contribution is -2.37. The summed E-state index contributed by atoms with van der Waals surface area (Å²) in [7, 11) is 0. The third-order valence-corrected chi connectivity index (χ3v) is 3.69. The highest BCUT2D eigenvalue weighted by Crippen LogP contribution is 2.44. The molecular weight excluding hydrogens is 298 g/mol. The fraction of sp³-hybridized carbons (Fsp3) is 0.231. The second kappa shape index (κ2) is 5.17. The second-order valence-electron chi connectivity index (χ2n) is 4.78. The van der Waals surface area contributed by atoms with Crippen LogP contribution in [-0.4, -0.2) is 32.1 Å². The maximum atomic E-state index is 11.6. The fourth-order valence-electron chi connectivity index (χ4n) is 2.27. The maximum Gasteiger partial charge on any atom is 0.332 e. The number of allylic oxidation sites excluding steroid dienone is 2. The Balaban J connectivity index is 2.64. The first-order chi connectivity index (χ1) is 9.77. The SMILES string of the molecule is CC1(C(=O)O)C=CC=C(C(=O)O)C1c1cnc(Cl)c(N)n1. The van der Waals surface area contributed by atoms with Gasteiger partial charge in [-0.15, -0.1) is 0 Å². The van der Waals surface area contributed by atoms with Gasteiger partial charge >= 0.3 is 11.9 Å². The van der Waals surface area contributed by atoms with Crippen LogP contribution >= 0.6 is 11.6 Å². The Morgan fingerprint density at radius 1 is 1.43 bits per heavy atom. The highest BCUT2D eigenvalue weighted by Gasteiger charge is 2.46. The minimum atomic E-state index is -1.47. The molecule has 1 aliphatic rings. The third-order valence-electron chi connectivity index (χ3n) is 3.40. The summed E-state index contributed by atoms with van der Waals surface area (Å²) >= 11 is 5.69. The van der Waals surface area contributed by atoms with Crippen LogP contribution in [0.2, 0.25) is 5.15 Å². The van der Waals surface area contributed by atoms with Gasteiger partial charge in [0.2, 0.25) is 0 Å². The number of carbonyl (C=O) groups is 2. The summed E-state index contributed by atoms with van der Waals surface area (Å²) in [6, 6.07) is 0. The normalized spacial score (nSPS) is 24.5. The standard InChI is InChI=1S/C13H12ClN3O4/c1-13(12(20)21)4-2-3-6(11(18)19)8(13)7-5-16-9(14)10(15)17-7/h2-5,8H,1H3,(H2,15,17)(H,18,19)(H,20,21). The Kier molecular flexibility index (Phi) is 3.69. The van der Waals surface area contributed by atoms with E-state index in [2.05, 4.69) is 9.97 Å². The number of aromatic nitrogens is 2. The van der Waals surface area contributed by atoms with E-state index in [4.69, 9.17) is 17.3 Å². The Bertz CT molecular complexity index is 686. The number of carboxylic acids is 2. The molecule has 0 aliphatic heterocycles. The summed E-state index contributed by atoms with van der Waals surface area (Å²) < 4.78 is 0. The minimum absolute atomic E-state index is 0.0250. The molecule has 0 bridgehead atoms. The molecule has 0 saturated heterocycles. The first kappa shape index (κ1) is 15.0. The Labute approximate surface area is 124 Å². The molecule has 8 heteroatoms. The van der Waals surface area contributed by atoms with E-state index in [1.54, 1.807) is 0 Å². The molecule has 2 unspecified atom stereocenters. The van der Waals surface area contributed by atoms with Crippen molar-refractivity contribution < 1.29 is 19.8 Å². The van der Waals surface area contributed by atoms with Gasteiger partial charge in [0.1, 0.15) is 0 Å². The van der Waals surface area contributed by atoms with Crippen LogP contribution in [0.1, 0.15) is 18.5 Å². The van der Waals surface area contributed by atoms with E-state index >= 15 is 0 Å². The Morgan fingerprint density at radius 2 is 2.10 bits per heavy atom. The zero-order chi connectivity index (χ0) is 15.8. The molecule has 1 aromatic rings. The molecule has 0 saturated carbocycles. The van der Waals surface area contributed by atoms with Gasteiger partial charge in [-0.1, -0.05) is 29.8 Å². The molecule has 1 aliphatic carbocycles. The van der Waals surface area contributed by atoms with Gasteiger partial charge in [0, 0.05) is 5.57 Å². The molecule has 1 heterocycles. The monoisotopic (exact) mass is 309 g/mol. The average molecular weight is 310 g/mol. The lowest BCUT2D eigenvalue weighted by molar-refractivity contribution is -0.146. The predicted octanol–water partition coefficient (Wildman–Crippen LogP) is 1.47. The summed E-state index contributed by atoms with van der Waals surface area (Å²) in [5.41, 5.74) is 4.14. The largest absolute Gasteiger partial charge is 0.481 e. The van der Waals surface area contributed by atoms with Gasteiger partial charge in [-0.3, -0.25) is 4.79 Å². The van der Waals surface area contributed by atoms with Gasteiger partial charge in [0.25, 0.3) is 0 Å². The van der Waals surface area contributed by atoms with Gasteiger partial charge in [0.05, 0.1) is 23.2 Å². The zero-order valence-electron chi connectivity index (χ0n) is 10.9. The number of nitrogens with zero attached hydrogens (tertiary/aromatic N) is 2. The molecular formula is C13H12ClN3O4. The third kappa shape index (κ3) is 2.47. The van der Waals surface area contributed by atoms with Gasteiger partial charge in [-0.25, -0.2) is 14.8 Å². The first-order valence-electron chi connectivity index (χ1n) is 5.91. The lowest BCUT2D eigenvalue weighted by atomic mass is 9.69. The molecule has 0 aromatic carbocycles. The number of aliphatic carboxylic acids is 2. The van der Waals surface area contributed by atoms with Gasteiger partial charge in [-0.2, -0.15) is 0 Å². The van der Waals surface area contributed by atoms with Gasteiger partial charge in [-0.05, 0) is 6.92 Å². The van der Waals surface area contributed by atoms with Crippen molar-refractivity contribution in [1.29, 1.82) is 0 Å². The molecule has 0 amide bonds. The van der Waals surface area contributed by atoms with Crippen molar-refractivity contribution in [2.24, 2.45) is 5.41 Å². The number of nitrogens with two attached hydrogens (primary N) is 1. The number of halogens is 1. The van der Waals surface area contributed by atoms with E-state index in [0.717, 1.165) is 0 Å². The van der Waals surface area contributed by atoms with Crippen molar-refractivity contribution in [3.8, 4) is 0 Å². The van der Waals surface area contributed by atoms with Crippen LogP contribution in [0.25, 0.3) is 0 Å². The molecule has 4 N–H and O–H groups in total. The Morgan fingerprint density at radius 3 is 2.62 bits per heavy atom. The van der Waals surface area contributed by atoms with E-state index in [1.807, 2.05) is 0 Å². The average Bonchev–Trinajstić information content (AvgIpc) is 2.41. The van der Waals surface area contributed by atoms with Crippen LogP contribution in [0.3, 0.4) is 0 Å². The number of hydrogen-bond donors (Lipinski definition) is 3. The Hall–Kier alpha value is -2.41. The minimum Gasteiger partial charge on any atom is -0.481 e. The summed E-state index contributed by atoms with van der Waals surface area (Å²) in [6.45, 7) is 1.42. The molecule has 0 radical (unpaired) electrons. The quantitative estimate of drug-likeness (QED) is 0.771. The number of nitrogen functional groups attached to an aromatic ring is 1. The van der Waals surface area contributed by atoms with Crippen LogP contribution < -0.4 is 5.73 Å². The molecule has 110 valence electrons. The molecule has 1 aromatic heterocycles. The van der Waals surface area contributed by atoms with Crippen LogP contribution in [-0.2, 0) is 9.59 Å². The van der Waals surface area contributed by atoms with E-state index in [9.17, 15) is 19.8 Å². The lowest BCUT2D eigenvalue weighted by Gasteiger charge is -2.33. The van der Waals surface area contributed by atoms with Crippen molar-refractivity contribution in [3.63, 3.8) is 0 Å². The van der Waals surface area contributed by atoms with Crippen LogP contribution in [0.15, 0.2) is 30.0 Å². The fourth-order valence-corrected chi connectivity index (χ4v) is 2.36. The van der Waals surface area contributed by atoms with Crippen molar-refractivity contribution >= 4 is 29.4 Å². The molecule has 0 fully saturated rings. The van der Waals surface area contributed by atoms with Crippen molar-refractivity contribution in [2.45, 2.75) is 12.8 Å². The molecule has 0 spiro atoms. The van der Waals surface area contributed by atoms with Gasteiger partial charge in [0.15, 0.2) is 11.0 Å². The number of hydrogen-bond acceptors (Lipinski definition) is 5. The number of anilines is 1. The summed E-state index contributed by atoms with van der Waals surface area (Å²) in [4.78, 5) is 30.8. The van der Waals surface area contributed by atoms with E-state index in [0.29, 0.717) is 0 Å². The van der Waals surface area contributed by atoms with Crippen LogP contribution in [0.4, 0.5) is 5.82 Å². The predicted molar refractivity (Wildman–Crippen MR) is 74.8 cm³/mol. The highest BCUT2D eigenvalue weighted by atomic mass is 35.5. The van der Waals surface area contributed by atoms with Crippen molar-refractivity contribution in [2.75, 3.05) is 5.73 Å².